The van der Waals surface area contributed by atoms with Crippen molar-refractivity contribution in [3.8, 4) is 0 Å². The van der Waals surface area contributed by atoms with Crippen LogP contribution in [-0.2, 0) is 22.7 Å². The molecule has 0 atom stereocenters. The van der Waals surface area contributed by atoms with E-state index in [1.54, 1.807) is 0 Å². The van der Waals surface area contributed by atoms with Crippen molar-refractivity contribution in [2.75, 3.05) is 0 Å². The molecule has 16 heteroatoms. The summed E-state index contributed by atoms with van der Waals surface area (Å²) in [5.74, 6) is 0. The average molecular weight is 888 g/mol. The normalized spacial score (nSPS) is 14.4. The Balaban J connectivity index is 0.00000202. The van der Waals surface area contributed by atoms with E-state index in [0.29, 0.717) is 7.15 Å². The van der Waals surface area contributed by atoms with Crippen molar-refractivity contribution in [1.29, 1.82) is 0 Å². The molecule has 0 saturated heterocycles. The molecule has 0 fully saturated rings. The van der Waals surface area contributed by atoms with Crippen molar-refractivity contribution in [2.24, 2.45) is 5.41 Å². The predicted octanol–water partition coefficient (Wildman–Crippen LogP) is 9.78. The first-order chi connectivity index (χ1) is 19.9. The minimum absolute atomic E-state index is 0.201. The van der Waals surface area contributed by atoms with Crippen molar-refractivity contribution in [3.63, 3.8) is 0 Å². The SMILES string of the molecule is O=S(=O)([O-])C(F)(F)F.[2H]c1ccc(I(OS(=O)(=O)C(F)(F)F)C(=[C+][CH2][Sn]([CH2]CCC)([CH2]CCC)[CH2]CCC)C(C)(C)C)cc1. The second-order valence-electron chi connectivity index (χ2n) is 11.1. The van der Waals surface area contributed by atoms with Crippen LogP contribution in [0.3, 0.4) is 0 Å². The van der Waals surface area contributed by atoms with E-state index in [1.807, 2.05) is 20.8 Å². The topological polar surface area (TPSA) is 101 Å². The standard InChI is InChI=1S/C14H16F3IO3S.3C4H9.CHF3O3S.Sn/c1-5-12(13(2,3)4)18(11-9-7-6-8-10-11)21-22(19,20)14(15,16)17;3*1-3-4-2;2-1(3,4)8(5,6)7;/h6-10H,1H2,2-4H3;3*1,3-4H2,2H3;(H,5,6,7);/q+1;;;;;/p-1/i6D;;;;;. The molecule has 1 aromatic rings. The molecular formula is C27H43F6IO6S2Sn. The van der Waals surface area contributed by atoms with Gasteiger partial charge in [0.05, 0.1) is 0 Å². The summed E-state index contributed by atoms with van der Waals surface area (Å²) in [5, 5.41) is 0. The summed E-state index contributed by atoms with van der Waals surface area (Å²) in [4.78, 5) is 0. The van der Waals surface area contributed by atoms with Crippen LogP contribution in [0.15, 0.2) is 33.9 Å². The number of rotatable bonds is 15. The fraction of sp³-hybridized carbons (Fsp3) is 0.704. The first-order valence-electron chi connectivity index (χ1n) is 14.3. The number of halogens is 7. The minimum atomic E-state index is -6.09. The van der Waals surface area contributed by atoms with E-state index in [0.717, 1.165) is 43.0 Å². The second-order valence-corrected chi connectivity index (χ2v) is 32.6. The number of alkyl halides is 6. The predicted molar refractivity (Wildman–Crippen MR) is 167 cm³/mol. The summed E-state index contributed by atoms with van der Waals surface area (Å²) < 4.78 is 142. The van der Waals surface area contributed by atoms with Crippen LogP contribution in [0.4, 0.5) is 26.3 Å². The first-order valence-corrected chi connectivity index (χ1v) is 27.7. The van der Waals surface area contributed by atoms with Gasteiger partial charge in [-0.3, -0.25) is 0 Å². The molecule has 6 nitrogen and oxygen atoms in total. The van der Waals surface area contributed by atoms with Gasteiger partial charge in [0.2, 0.25) is 0 Å². The van der Waals surface area contributed by atoms with Gasteiger partial charge < -0.3 is 4.55 Å². The Morgan fingerprint density at radius 1 is 0.884 bits per heavy atom. The number of hydrogen-bond acceptors (Lipinski definition) is 6. The fourth-order valence-electron chi connectivity index (χ4n) is 3.92. The molecule has 0 aliphatic heterocycles. The molecule has 0 unspecified atom stereocenters. The molecule has 0 spiro atoms. The molecular weight excluding hydrogens is 844 g/mol. The molecule has 43 heavy (non-hydrogen) atoms. The third-order valence-electron chi connectivity index (χ3n) is 6.22. The van der Waals surface area contributed by atoms with Crippen LogP contribution < -0.4 is 0 Å². The molecule has 0 amide bonds. The van der Waals surface area contributed by atoms with Gasteiger partial charge in [0.15, 0.2) is 10.1 Å². The number of benzene rings is 1. The van der Waals surface area contributed by atoms with E-state index in [9.17, 15) is 34.8 Å². The summed E-state index contributed by atoms with van der Waals surface area (Å²) in [5.41, 5.74) is -11.7. The number of hydrogen-bond donors (Lipinski definition) is 0. The molecule has 0 aliphatic carbocycles. The van der Waals surface area contributed by atoms with Crippen LogP contribution in [0.1, 0.15) is 81.4 Å². The average Bonchev–Trinajstić information content (AvgIpc) is 2.87. The Morgan fingerprint density at radius 2 is 1.28 bits per heavy atom. The molecule has 252 valence electrons. The van der Waals surface area contributed by atoms with Crippen molar-refractivity contribution < 1.29 is 51.6 Å². The number of unbranched alkanes of at least 4 members (excludes halogenated alkanes) is 3. The Morgan fingerprint density at radius 3 is 1.58 bits per heavy atom. The maximum atomic E-state index is 13.4. The summed E-state index contributed by atoms with van der Waals surface area (Å²) >= 11 is -6.27. The van der Waals surface area contributed by atoms with Crippen LogP contribution in [0.5, 0.6) is 0 Å². The van der Waals surface area contributed by atoms with E-state index < -0.39 is 75.3 Å². The van der Waals surface area contributed by atoms with E-state index in [2.05, 4.69) is 26.8 Å². The summed E-state index contributed by atoms with van der Waals surface area (Å²) in [7, 11) is -11.9. The Hall–Kier alpha value is -0.201. The van der Waals surface area contributed by atoms with Crippen LogP contribution in [0, 0.1) is 15.1 Å². The van der Waals surface area contributed by atoms with E-state index in [4.69, 9.17) is 16.9 Å². The van der Waals surface area contributed by atoms with Crippen molar-refractivity contribution in [2.45, 2.75) is 109 Å². The molecule has 1 aromatic carbocycles. The summed E-state index contributed by atoms with van der Waals surface area (Å²) in [6.45, 7) is 12.2. The molecule has 0 radical (unpaired) electrons. The molecule has 1 rings (SSSR count). The van der Waals surface area contributed by atoms with Gasteiger partial charge in [-0.05, 0) is 0 Å². The van der Waals surface area contributed by atoms with Gasteiger partial charge in [-0.1, -0.05) is 0 Å². The first kappa shape index (κ1) is 40.8. The van der Waals surface area contributed by atoms with Gasteiger partial charge in [0.25, 0.3) is 0 Å². The molecule has 0 heterocycles. The second kappa shape index (κ2) is 18.2. The monoisotopic (exact) mass is 889 g/mol. The van der Waals surface area contributed by atoms with E-state index in [-0.39, 0.29) is 6.04 Å². The van der Waals surface area contributed by atoms with Gasteiger partial charge in [-0.25, -0.2) is 8.42 Å². The summed E-state index contributed by atoms with van der Waals surface area (Å²) in [6, 6.07) is 6.21. The van der Waals surface area contributed by atoms with Gasteiger partial charge >= 0.3 is 232 Å². The zero-order valence-corrected chi connectivity index (χ0v) is 31.9. The van der Waals surface area contributed by atoms with Crippen LogP contribution in [0.2, 0.25) is 17.7 Å². The van der Waals surface area contributed by atoms with Gasteiger partial charge in [0.1, 0.15) is 0 Å². The van der Waals surface area contributed by atoms with Crippen LogP contribution >= 0.6 is 20.2 Å². The third kappa shape index (κ3) is 15.3. The van der Waals surface area contributed by atoms with Crippen LogP contribution in [-0.4, -0.2) is 50.8 Å². The Bertz CT molecular complexity index is 1230. The van der Waals surface area contributed by atoms with Crippen molar-refractivity contribution in [1.82, 2.24) is 0 Å². The van der Waals surface area contributed by atoms with Gasteiger partial charge in [-0.2, -0.15) is 13.2 Å². The number of allylic oxidation sites excluding steroid dienone is 2. The third-order valence-corrected chi connectivity index (χ3v) is 29.7. The zero-order chi connectivity index (χ0) is 34.6. The van der Waals surface area contributed by atoms with Crippen molar-refractivity contribution >= 4 is 58.8 Å². The molecule has 0 aliphatic rings. The van der Waals surface area contributed by atoms with E-state index >= 15 is 0 Å². The Labute approximate surface area is 266 Å². The zero-order valence-electron chi connectivity index (χ0n) is 26.3. The van der Waals surface area contributed by atoms with Gasteiger partial charge in [-0.15, -0.1) is 0 Å². The summed E-state index contributed by atoms with van der Waals surface area (Å²) in [6.07, 6.45) is 10.4. The van der Waals surface area contributed by atoms with Crippen LogP contribution in [0.25, 0.3) is 0 Å². The Kier molecular flexibility index (Phi) is 17.3. The van der Waals surface area contributed by atoms with Gasteiger partial charge in [0, 0.05) is 0 Å². The fourth-order valence-corrected chi connectivity index (χ4v) is 26.8. The quantitative estimate of drug-likeness (QED) is 0.0435. The molecule has 0 saturated carbocycles. The van der Waals surface area contributed by atoms with Crippen molar-refractivity contribution in [3.05, 3.63) is 43.5 Å². The maximum absolute atomic E-state index is 13.4. The van der Waals surface area contributed by atoms with E-state index in [1.165, 1.54) is 37.6 Å². The molecule has 0 bridgehead atoms. The molecule has 0 N–H and O–H groups in total. The molecule has 0 aromatic heterocycles.